The molecule has 0 aliphatic carbocycles. The Balaban J connectivity index is 2.06. The maximum Gasteiger partial charge on any atom is 0.00619 e. The molecule has 1 aliphatic rings. The van der Waals surface area contributed by atoms with Crippen LogP contribution in [0.15, 0.2) is 0 Å². The van der Waals surface area contributed by atoms with Crippen LogP contribution in [0.1, 0.15) is 58.8 Å². The fourth-order valence-electron chi connectivity index (χ4n) is 3.02. The lowest BCUT2D eigenvalue weighted by atomic mass is 9.92. The lowest BCUT2D eigenvalue weighted by Gasteiger charge is -2.32. The van der Waals surface area contributed by atoms with Crippen molar-refractivity contribution in [3.05, 3.63) is 0 Å². The summed E-state index contributed by atoms with van der Waals surface area (Å²) in [5, 5.41) is 3.39. The largest absolute Gasteiger partial charge is 0.317 e. The van der Waals surface area contributed by atoms with Crippen LogP contribution in [0.5, 0.6) is 0 Å². The van der Waals surface area contributed by atoms with Gasteiger partial charge in [-0.15, -0.1) is 0 Å². The molecule has 0 saturated carbocycles. The van der Waals surface area contributed by atoms with Crippen LogP contribution in [0.4, 0.5) is 0 Å². The van der Waals surface area contributed by atoms with Gasteiger partial charge in [0.2, 0.25) is 0 Å². The van der Waals surface area contributed by atoms with Gasteiger partial charge < -0.3 is 10.2 Å². The van der Waals surface area contributed by atoms with Crippen LogP contribution in [-0.4, -0.2) is 37.6 Å². The second kappa shape index (κ2) is 8.93. The number of nitrogens with zero attached hydrogens (tertiary/aromatic N) is 1. The molecule has 17 heavy (non-hydrogen) atoms. The number of nitrogens with one attached hydrogen (secondary N) is 1. The average molecular weight is 240 g/mol. The lowest BCUT2D eigenvalue weighted by molar-refractivity contribution is 0.174. The van der Waals surface area contributed by atoms with E-state index in [0.717, 1.165) is 12.0 Å². The van der Waals surface area contributed by atoms with Crippen molar-refractivity contribution in [3.63, 3.8) is 0 Å². The summed E-state index contributed by atoms with van der Waals surface area (Å²) in [6.07, 6.45) is 9.65. The summed E-state index contributed by atoms with van der Waals surface area (Å²) in [6, 6.07) is 0.729. The zero-order valence-corrected chi connectivity index (χ0v) is 12.2. The minimum atomic E-state index is 0.729. The maximum atomic E-state index is 3.39. The Kier molecular flexibility index (Phi) is 7.87. The number of likely N-dealkylation sites (tertiary alicyclic amines) is 1. The van der Waals surface area contributed by atoms with Gasteiger partial charge in [0.25, 0.3) is 0 Å². The Labute approximate surface area is 108 Å². The zero-order valence-electron chi connectivity index (χ0n) is 12.2. The third-order valence-electron chi connectivity index (χ3n) is 4.33. The summed E-state index contributed by atoms with van der Waals surface area (Å²) in [5.74, 6) is 1.02. The minimum absolute atomic E-state index is 0.729. The first-order valence-electron chi connectivity index (χ1n) is 7.69. The van der Waals surface area contributed by atoms with Gasteiger partial charge in [-0.1, -0.05) is 26.7 Å². The van der Waals surface area contributed by atoms with E-state index in [1.54, 1.807) is 0 Å². The summed E-state index contributed by atoms with van der Waals surface area (Å²) in [7, 11) is 2.09. The highest BCUT2D eigenvalue weighted by atomic mass is 15.1. The molecule has 1 aliphatic heterocycles. The SMILES string of the molecule is CCCC1CCN(CCCC(CC)NC)CC1. The molecule has 1 N–H and O–H groups in total. The molecule has 0 aromatic rings. The first-order chi connectivity index (χ1) is 8.30. The van der Waals surface area contributed by atoms with Crippen LogP contribution in [0.3, 0.4) is 0 Å². The molecule has 1 fully saturated rings. The number of hydrogen-bond donors (Lipinski definition) is 1. The van der Waals surface area contributed by atoms with E-state index in [2.05, 4.69) is 31.1 Å². The van der Waals surface area contributed by atoms with Crippen molar-refractivity contribution >= 4 is 0 Å². The molecule has 1 saturated heterocycles. The highest BCUT2D eigenvalue weighted by molar-refractivity contribution is 4.72. The van der Waals surface area contributed by atoms with Gasteiger partial charge in [-0.05, 0) is 64.7 Å². The Morgan fingerprint density at radius 2 is 1.94 bits per heavy atom. The number of hydrogen-bond acceptors (Lipinski definition) is 2. The van der Waals surface area contributed by atoms with Gasteiger partial charge in [0.05, 0.1) is 0 Å². The molecule has 0 amide bonds. The van der Waals surface area contributed by atoms with Gasteiger partial charge in [0, 0.05) is 6.04 Å². The molecule has 1 rings (SSSR count). The summed E-state index contributed by atoms with van der Waals surface area (Å²) in [6.45, 7) is 8.60. The smallest absolute Gasteiger partial charge is 0.00619 e. The number of rotatable bonds is 8. The van der Waals surface area contributed by atoms with Crippen molar-refractivity contribution in [2.24, 2.45) is 5.92 Å². The molecule has 2 nitrogen and oxygen atoms in total. The van der Waals surface area contributed by atoms with Crippen LogP contribution in [0.2, 0.25) is 0 Å². The first-order valence-corrected chi connectivity index (χ1v) is 7.69. The van der Waals surface area contributed by atoms with Crippen molar-refractivity contribution in [1.82, 2.24) is 10.2 Å². The van der Waals surface area contributed by atoms with E-state index in [-0.39, 0.29) is 0 Å². The van der Waals surface area contributed by atoms with E-state index in [1.165, 1.54) is 64.6 Å². The monoisotopic (exact) mass is 240 g/mol. The molecule has 1 atom stereocenters. The van der Waals surface area contributed by atoms with Crippen molar-refractivity contribution in [3.8, 4) is 0 Å². The quantitative estimate of drug-likeness (QED) is 0.700. The fourth-order valence-corrected chi connectivity index (χ4v) is 3.02. The van der Waals surface area contributed by atoms with Crippen molar-refractivity contribution < 1.29 is 0 Å². The number of piperidine rings is 1. The standard InChI is InChI=1S/C15H32N2/c1-4-7-14-9-12-17(13-10-14)11-6-8-15(5-2)16-3/h14-16H,4-13H2,1-3H3. The van der Waals surface area contributed by atoms with Gasteiger partial charge in [0.1, 0.15) is 0 Å². The normalized spacial score (nSPS) is 20.6. The molecule has 102 valence electrons. The molecule has 0 bridgehead atoms. The third-order valence-corrected chi connectivity index (χ3v) is 4.33. The summed E-state index contributed by atoms with van der Waals surface area (Å²) in [5.41, 5.74) is 0. The van der Waals surface area contributed by atoms with Crippen LogP contribution >= 0.6 is 0 Å². The molecule has 0 spiro atoms. The summed E-state index contributed by atoms with van der Waals surface area (Å²) in [4.78, 5) is 2.68. The molecule has 1 heterocycles. The Morgan fingerprint density at radius 1 is 1.24 bits per heavy atom. The molecule has 1 unspecified atom stereocenters. The van der Waals surface area contributed by atoms with E-state index >= 15 is 0 Å². The van der Waals surface area contributed by atoms with E-state index in [4.69, 9.17) is 0 Å². The molecular formula is C15H32N2. The zero-order chi connectivity index (χ0) is 12.5. The molecule has 2 heteroatoms. The van der Waals surface area contributed by atoms with Crippen LogP contribution < -0.4 is 5.32 Å². The van der Waals surface area contributed by atoms with Crippen molar-refractivity contribution in [2.45, 2.75) is 64.8 Å². The first kappa shape index (κ1) is 15.0. The van der Waals surface area contributed by atoms with Gasteiger partial charge in [-0.3, -0.25) is 0 Å². The van der Waals surface area contributed by atoms with E-state index < -0.39 is 0 Å². The van der Waals surface area contributed by atoms with Crippen LogP contribution in [-0.2, 0) is 0 Å². The van der Waals surface area contributed by atoms with E-state index in [1.807, 2.05) is 0 Å². The predicted octanol–water partition coefficient (Wildman–Crippen LogP) is 3.28. The van der Waals surface area contributed by atoms with E-state index in [9.17, 15) is 0 Å². The van der Waals surface area contributed by atoms with Crippen LogP contribution in [0.25, 0.3) is 0 Å². The fraction of sp³-hybridized carbons (Fsp3) is 1.00. The second-order valence-electron chi connectivity index (χ2n) is 5.61. The Morgan fingerprint density at radius 3 is 2.47 bits per heavy atom. The maximum absolute atomic E-state index is 3.39. The topological polar surface area (TPSA) is 15.3 Å². The van der Waals surface area contributed by atoms with Gasteiger partial charge in [0.15, 0.2) is 0 Å². The lowest BCUT2D eigenvalue weighted by Crippen LogP contribution is -2.35. The molecular weight excluding hydrogens is 208 g/mol. The Hall–Kier alpha value is -0.0800. The van der Waals surface area contributed by atoms with Gasteiger partial charge in [-0.25, -0.2) is 0 Å². The highest BCUT2D eigenvalue weighted by Gasteiger charge is 2.17. The van der Waals surface area contributed by atoms with Gasteiger partial charge in [-0.2, -0.15) is 0 Å². The minimum Gasteiger partial charge on any atom is -0.317 e. The second-order valence-corrected chi connectivity index (χ2v) is 5.61. The van der Waals surface area contributed by atoms with Gasteiger partial charge >= 0.3 is 0 Å². The molecule has 0 aromatic heterocycles. The molecule has 0 aromatic carbocycles. The van der Waals surface area contributed by atoms with Crippen LogP contribution in [0, 0.1) is 5.92 Å². The van der Waals surface area contributed by atoms with E-state index in [0.29, 0.717) is 0 Å². The van der Waals surface area contributed by atoms with Crippen molar-refractivity contribution in [2.75, 3.05) is 26.7 Å². The Bertz CT molecular complexity index is 170. The summed E-state index contributed by atoms with van der Waals surface area (Å²) >= 11 is 0. The third kappa shape index (κ3) is 5.87. The average Bonchev–Trinajstić information content (AvgIpc) is 2.37. The molecule has 0 radical (unpaired) electrons. The predicted molar refractivity (Wildman–Crippen MR) is 76.4 cm³/mol. The van der Waals surface area contributed by atoms with Crippen molar-refractivity contribution in [1.29, 1.82) is 0 Å². The highest BCUT2D eigenvalue weighted by Crippen LogP contribution is 2.21. The summed E-state index contributed by atoms with van der Waals surface area (Å²) < 4.78 is 0.